The van der Waals surface area contributed by atoms with Crippen LogP contribution in [0.15, 0.2) is 24.3 Å². The minimum Gasteiger partial charge on any atom is -0.457 e. The third-order valence-corrected chi connectivity index (χ3v) is 7.42. The fraction of sp³-hybridized carbons (Fsp3) is 0.806. The molecular formula is C31H57O10P. The smallest absolute Gasteiger partial charge is 0.457 e. The summed E-state index contributed by atoms with van der Waals surface area (Å²) in [5, 5.41) is 18.6. The van der Waals surface area contributed by atoms with Crippen LogP contribution in [0.2, 0.25) is 0 Å². The molecule has 0 heterocycles. The molecule has 0 aromatic carbocycles. The van der Waals surface area contributed by atoms with E-state index >= 15 is 0 Å². The molecule has 0 amide bonds. The van der Waals surface area contributed by atoms with Crippen LogP contribution in [-0.4, -0.2) is 65.7 Å². The maximum atomic E-state index is 12.1. The Kier molecular flexibility index (Phi) is 27.2. The quantitative estimate of drug-likeness (QED) is 0.0356. The second-order valence-electron chi connectivity index (χ2n) is 10.4. The van der Waals surface area contributed by atoms with Gasteiger partial charge in [-0.15, -0.1) is 0 Å². The molecule has 3 atom stereocenters. The van der Waals surface area contributed by atoms with Crippen molar-refractivity contribution in [1.82, 2.24) is 0 Å². The SMILES string of the molecule is CCCCC/C=C\C/C=C\CCCCCCCCCCCC(=O)OC(CO)COP(=O)(O)OCC(CO)OC(=O)CC. The summed E-state index contributed by atoms with van der Waals surface area (Å²) in [7, 11) is -4.59. The lowest BCUT2D eigenvalue weighted by atomic mass is 10.1. The Bertz CT molecular complexity index is 771. The number of aliphatic hydroxyl groups is 2. The van der Waals surface area contributed by atoms with E-state index in [0.717, 1.165) is 32.1 Å². The van der Waals surface area contributed by atoms with Crippen molar-refractivity contribution >= 4 is 19.8 Å². The van der Waals surface area contributed by atoms with Crippen molar-refractivity contribution < 1.29 is 47.8 Å². The summed E-state index contributed by atoms with van der Waals surface area (Å²) >= 11 is 0. The summed E-state index contributed by atoms with van der Waals surface area (Å²) in [4.78, 5) is 33.1. The van der Waals surface area contributed by atoms with Crippen molar-refractivity contribution in [1.29, 1.82) is 0 Å². The topological polar surface area (TPSA) is 149 Å². The van der Waals surface area contributed by atoms with E-state index in [0.29, 0.717) is 6.42 Å². The molecule has 0 bridgehead atoms. The Morgan fingerprint density at radius 1 is 0.667 bits per heavy atom. The minimum absolute atomic E-state index is 0.0733. The van der Waals surface area contributed by atoms with E-state index in [1.807, 2.05) is 0 Å². The monoisotopic (exact) mass is 620 g/mol. The standard InChI is InChI=1S/C31H57O10P/c1-3-5-6-7-8-9-10-11-12-13-14-15-16-17-18-19-20-21-22-23-31(35)41-29(25-33)27-39-42(36,37)38-26-28(24-32)40-30(34)4-2/h8-9,11-12,28-29,32-33H,3-7,10,13-27H2,1-2H3,(H,36,37)/b9-8-,12-11-. The van der Waals surface area contributed by atoms with Crippen LogP contribution in [-0.2, 0) is 32.7 Å². The predicted octanol–water partition coefficient (Wildman–Crippen LogP) is 6.71. The first-order chi connectivity index (χ1) is 20.3. The maximum absolute atomic E-state index is 12.1. The van der Waals surface area contributed by atoms with Crippen molar-refractivity contribution in [3.8, 4) is 0 Å². The summed E-state index contributed by atoms with van der Waals surface area (Å²) in [6.45, 7) is 1.49. The Labute approximate surface area is 253 Å². The van der Waals surface area contributed by atoms with E-state index in [1.54, 1.807) is 6.92 Å². The van der Waals surface area contributed by atoms with Crippen LogP contribution in [0.4, 0.5) is 0 Å². The average Bonchev–Trinajstić information content (AvgIpc) is 2.98. The summed E-state index contributed by atoms with van der Waals surface area (Å²) in [5.41, 5.74) is 0. The van der Waals surface area contributed by atoms with Crippen LogP contribution in [0.1, 0.15) is 123 Å². The molecule has 0 rings (SSSR count). The maximum Gasteiger partial charge on any atom is 0.472 e. The first-order valence-corrected chi connectivity index (χ1v) is 17.3. The molecule has 0 aliphatic rings. The van der Waals surface area contributed by atoms with Gasteiger partial charge in [-0.25, -0.2) is 4.57 Å². The molecule has 0 aromatic rings. The highest BCUT2D eigenvalue weighted by molar-refractivity contribution is 7.47. The summed E-state index contributed by atoms with van der Waals surface area (Å²) in [6.07, 6.45) is 24.3. The lowest BCUT2D eigenvalue weighted by Gasteiger charge is -2.20. The van der Waals surface area contributed by atoms with E-state index in [2.05, 4.69) is 31.2 Å². The summed E-state index contributed by atoms with van der Waals surface area (Å²) < 4.78 is 31.5. The number of unbranched alkanes of at least 4 members (excludes halogenated alkanes) is 12. The van der Waals surface area contributed by atoms with Gasteiger partial charge < -0.3 is 24.6 Å². The third-order valence-electron chi connectivity index (χ3n) is 6.47. The molecule has 0 aromatic heterocycles. The molecule has 0 spiro atoms. The van der Waals surface area contributed by atoms with Crippen molar-refractivity contribution in [2.75, 3.05) is 26.4 Å². The minimum atomic E-state index is -4.59. The number of rotatable bonds is 29. The Morgan fingerprint density at radius 3 is 1.60 bits per heavy atom. The Balaban J connectivity index is 3.79. The van der Waals surface area contributed by atoms with Crippen LogP contribution in [0.3, 0.4) is 0 Å². The van der Waals surface area contributed by atoms with Gasteiger partial charge in [0.2, 0.25) is 0 Å². The van der Waals surface area contributed by atoms with Crippen LogP contribution < -0.4 is 0 Å². The normalized spacial score (nSPS) is 14.7. The second kappa shape index (κ2) is 28.2. The van der Waals surface area contributed by atoms with Gasteiger partial charge in [0, 0.05) is 12.8 Å². The number of hydrogen-bond acceptors (Lipinski definition) is 9. The lowest BCUT2D eigenvalue weighted by molar-refractivity contribution is -0.153. The second-order valence-corrected chi connectivity index (χ2v) is 11.9. The number of hydrogen-bond donors (Lipinski definition) is 3. The van der Waals surface area contributed by atoms with Crippen LogP contribution in [0.25, 0.3) is 0 Å². The molecule has 10 nitrogen and oxygen atoms in total. The number of carbonyl (C=O) groups is 2. The Hall–Kier alpha value is -1.55. The highest BCUT2D eigenvalue weighted by Crippen LogP contribution is 2.43. The number of carbonyl (C=O) groups excluding carboxylic acids is 2. The number of ether oxygens (including phenoxy) is 2. The van der Waals surface area contributed by atoms with E-state index in [4.69, 9.17) is 18.5 Å². The number of phosphoric acid groups is 1. The van der Waals surface area contributed by atoms with Gasteiger partial charge in [-0.2, -0.15) is 0 Å². The van der Waals surface area contributed by atoms with Crippen molar-refractivity contribution in [2.24, 2.45) is 0 Å². The van der Waals surface area contributed by atoms with Crippen molar-refractivity contribution in [3.63, 3.8) is 0 Å². The fourth-order valence-corrected chi connectivity index (χ4v) is 4.73. The van der Waals surface area contributed by atoms with Crippen molar-refractivity contribution in [3.05, 3.63) is 24.3 Å². The van der Waals surface area contributed by atoms with Gasteiger partial charge in [0.25, 0.3) is 0 Å². The van der Waals surface area contributed by atoms with Gasteiger partial charge in [-0.3, -0.25) is 18.6 Å². The van der Waals surface area contributed by atoms with Crippen LogP contribution >= 0.6 is 7.82 Å². The molecule has 0 saturated carbocycles. The van der Waals surface area contributed by atoms with Crippen LogP contribution in [0, 0.1) is 0 Å². The molecule has 3 unspecified atom stereocenters. The fourth-order valence-electron chi connectivity index (χ4n) is 3.94. The van der Waals surface area contributed by atoms with Gasteiger partial charge in [0.1, 0.15) is 12.2 Å². The zero-order valence-electron chi connectivity index (χ0n) is 26.0. The third kappa shape index (κ3) is 26.1. The lowest BCUT2D eigenvalue weighted by Crippen LogP contribution is -2.28. The highest BCUT2D eigenvalue weighted by atomic mass is 31.2. The van der Waals surface area contributed by atoms with E-state index in [9.17, 15) is 29.3 Å². The summed E-state index contributed by atoms with van der Waals surface area (Å²) in [5.74, 6) is -1.12. The van der Waals surface area contributed by atoms with Gasteiger partial charge in [0.15, 0.2) is 0 Å². The molecule has 3 N–H and O–H groups in total. The van der Waals surface area contributed by atoms with E-state index in [1.165, 1.54) is 57.8 Å². The molecule has 246 valence electrons. The number of allylic oxidation sites excluding steroid dienone is 4. The largest absolute Gasteiger partial charge is 0.472 e. The molecular weight excluding hydrogens is 563 g/mol. The van der Waals surface area contributed by atoms with Gasteiger partial charge in [0.05, 0.1) is 26.4 Å². The Morgan fingerprint density at radius 2 is 1.12 bits per heavy atom. The van der Waals surface area contributed by atoms with Gasteiger partial charge in [-0.05, 0) is 38.5 Å². The van der Waals surface area contributed by atoms with Crippen molar-refractivity contribution in [2.45, 2.75) is 135 Å². The molecule has 0 radical (unpaired) electrons. The van der Waals surface area contributed by atoms with E-state index < -0.39 is 58.4 Å². The van der Waals surface area contributed by atoms with Gasteiger partial charge in [-0.1, -0.05) is 95.9 Å². The molecule has 0 aliphatic carbocycles. The number of aliphatic hydroxyl groups excluding tert-OH is 2. The first-order valence-electron chi connectivity index (χ1n) is 15.8. The first kappa shape index (κ1) is 40.5. The number of esters is 2. The highest BCUT2D eigenvalue weighted by Gasteiger charge is 2.27. The molecule has 11 heteroatoms. The molecule has 42 heavy (non-hydrogen) atoms. The average molecular weight is 621 g/mol. The molecule has 0 saturated heterocycles. The van der Waals surface area contributed by atoms with Gasteiger partial charge >= 0.3 is 19.8 Å². The number of phosphoric ester groups is 1. The van der Waals surface area contributed by atoms with Crippen LogP contribution in [0.5, 0.6) is 0 Å². The zero-order chi connectivity index (χ0) is 31.3. The molecule has 0 aliphatic heterocycles. The zero-order valence-corrected chi connectivity index (χ0v) is 26.9. The molecule has 0 fully saturated rings. The van der Waals surface area contributed by atoms with E-state index in [-0.39, 0.29) is 12.8 Å². The predicted molar refractivity (Wildman–Crippen MR) is 164 cm³/mol. The summed E-state index contributed by atoms with van der Waals surface area (Å²) in [6, 6.07) is 0.